The van der Waals surface area contributed by atoms with Gasteiger partial charge < -0.3 is 5.32 Å². The second kappa shape index (κ2) is 7.51. The van der Waals surface area contributed by atoms with Crippen LogP contribution in [0.4, 0.5) is 10.7 Å². The maximum atomic E-state index is 12.5. The molecule has 0 atom stereocenters. The zero-order valence-electron chi connectivity index (χ0n) is 13.8. The number of thiophene rings is 2. The summed E-state index contributed by atoms with van der Waals surface area (Å²) in [5.41, 5.74) is 4.56. The molecule has 1 aromatic carbocycles. The van der Waals surface area contributed by atoms with Crippen molar-refractivity contribution in [1.29, 1.82) is 0 Å². The summed E-state index contributed by atoms with van der Waals surface area (Å²) in [6.07, 6.45) is 0. The Morgan fingerprint density at radius 3 is 2.56 bits per heavy atom. The Morgan fingerprint density at radius 2 is 1.85 bits per heavy atom. The van der Waals surface area contributed by atoms with E-state index in [2.05, 4.69) is 16.2 Å². The number of non-ortho nitro benzene ring substituents is 1. The van der Waals surface area contributed by atoms with E-state index in [4.69, 9.17) is 0 Å². The number of hydrogen-bond donors (Lipinski definition) is 3. The van der Waals surface area contributed by atoms with Crippen LogP contribution in [0.25, 0.3) is 10.1 Å². The van der Waals surface area contributed by atoms with Gasteiger partial charge in [0.1, 0.15) is 5.00 Å². The number of rotatable bonds is 4. The molecular weight excluding hydrogens is 392 g/mol. The predicted octanol–water partition coefficient (Wildman–Crippen LogP) is 2.90. The van der Waals surface area contributed by atoms with Gasteiger partial charge in [-0.2, -0.15) is 0 Å². The van der Waals surface area contributed by atoms with Crippen LogP contribution in [-0.4, -0.2) is 22.6 Å². The second-order valence-electron chi connectivity index (χ2n) is 5.34. The summed E-state index contributed by atoms with van der Waals surface area (Å²) in [7, 11) is 0. The van der Waals surface area contributed by atoms with E-state index in [0.29, 0.717) is 15.3 Å². The first-order valence-electron chi connectivity index (χ1n) is 7.49. The summed E-state index contributed by atoms with van der Waals surface area (Å²) >= 11 is 2.35. The molecule has 0 saturated heterocycles. The van der Waals surface area contributed by atoms with Gasteiger partial charge in [-0.05, 0) is 23.6 Å². The molecule has 0 saturated carbocycles. The summed E-state index contributed by atoms with van der Waals surface area (Å²) in [6.45, 7) is 1.25. The maximum Gasteiger partial charge on any atom is 0.272 e. The van der Waals surface area contributed by atoms with Crippen molar-refractivity contribution in [1.82, 2.24) is 10.9 Å². The van der Waals surface area contributed by atoms with Crippen LogP contribution in [-0.2, 0) is 4.79 Å². The first-order chi connectivity index (χ1) is 12.8. The molecule has 0 aliphatic carbocycles. The smallest absolute Gasteiger partial charge is 0.272 e. The normalized spacial score (nSPS) is 10.4. The van der Waals surface area contributed by atoms with Gasteiger partial charge in [-0.1, -0.05) is 0 Å². The highest BCUT2D eigenvalue weighted by Crippen LogP contribution is 2.30. The molecule has 0 fully saturated rings. The average molecular weight is 404 g/mol. The van der Waals surface area contributed by atoms with Gasteiger partial charge in [-0.3, -0.25) is 35.3 Å². The summed E-state index contributed by atoms with van der Waals surface area (Å²) in [6, 6.07) is 7.45. The number of nitro benzene ring substituents is 1. The molecule has 0 aliphatic rings. The lowest BCUT2D eigenvalue weighted by molar-refractivity contribution is -0.384. The van der Waals surface area contributed by atoms with Crippen molar-refractivity contribution in [3.05, 3.63) is 56.3 Å². The largest absolute Gasteiger partial charge is 0.312 e. The molecule has 0 aliphatic heterocycles. The third-order valence-corrected chi connectivity index (χ3v) is 5.37. The van der Waals surface area contributed by atoms with E-state index in [1.165, 1.54) is 36.5 Å². The van der Waals surface area contributed by atoms with Gasteiger partial charge >= 0.3 is 0 Å². The van der Waals surface area contributed by atoms with Gasteiger partial charge in [0.25, 0.3) is 17.5 Å². The summed E-state index contributed by atoms with van der Waals surface area (Å²) < 4.78 is 0.737. The summed E-state index contributed by atoms with van der Waals surface area (Å²) in [5.74, 6) is -1.42. The van der Waals surface area contributed by atoms with Gasteiger partial charge in [0.2, 0.25) is 5.91 Å². The topological polar surface area (TPSA) is 130 Å². The number of benzene rings is 1. The zero-order valence-corrected chi connectivity index (χ0v) is 15.4. The summed E-state index contributed by atoms with van der Waals surface area (Å²) in [4.78, 5) is 46.2. The van der Waals surface area contributed by atoms with Gasteiger partial charge in [0.15, 0.2) is 0 Å². The number of nitrogens with zero attached hydrogens (tertiary/aromatic N) is 1. The number of anilines is 1. The van der Waals surface area contributed by atoms with Gasteiger partial charge in [0, 0.05) is 29.1 Å². The van der Waals surface area contributed by atoms with Crippen LogP contribution in [0.2, 0.25) is 0 Å². The van der Waals surface area contributed by atoms with E-state index >= 15 is 0 Å². The standard InChI is InChI=1S/C16H12N4O5S2/c1-8(21)18-19-14(22)11-4-5-26-16(11)17-15(23)13-7-9-6-10(20(24)25)2-3-12(9)27-13/h2-7H,1H3,(H,17,23)(H,18,21)(H,19,22). The molecule has 3 N–H and O–H groups in total. The van der Waals surface area contributed by atoms with Crippen LogP contribution in [0.5, 0.6) is 0 Å². The Balaban J connectivity index is 1.79. The van der Waals surface area contributed by atoms with E-state index in [1.54, 1.807) is 17.5 Å². The van der Waals surface area contributed by atoms with Crippen molar-refractivity contribution in [3.63, 3.8) is 0 Å². The monoisotopic (exact) mass is 404 g/mol. The molecule has 0 bridgehead atoms. The lowest BCUT2D eigenvalue weighted by Gasteiger charge is -2.06. The number of amides is 3. The molecule has 0 radical (unpaired) electrons. The second-order valence-corrected chi connectivity index (χ2v) is 7.34. The van der Waals surface area contributed by atoms with E-state index in [-0.39, 0.29) is 11.3 Å². The third kappa shape index (κ3) is 4.10. The van der Waals surface area contributed by atoms with Gasteiger partial charge in [-0.15, -0.1) is 22.7 Å². The Morgan fingerprint density at radius 1 is 1.07 bits per heavy atom. The fraction of sp³-hybridized carbons (Fsp3) is 0.0625. The lowest BCUT2D eigenvalue weighted by atomic mass is 10.2. The minimum absolute atomic E-state index is 0.0533. The van der Waals surface area contributed by atoms with Crippen LogP contribution >= 0.6 is 22.7 Å². The van der Waals surface area contributed by atoms with Crippen LogP contribution in [0.1, 0.15) is 27.0 Å². The Bertz CT molecular complexity index is 1070. The van der Waals surface area contributed by atoms with Gasteiger partial charge in [0.05, 0.1) is 15.4 Å². The van der Waals surface area contributed by atoms with Crippen molar-refractivity contribution >= 4 is 61.2 Å². The number of hydrazine groups is 1. The fourth-order valence-corrected chi connectivity index (χ4v) is 3.94. The molecule has 2 aromatic heterocycles. The number of fused-ring (bicyclic) bond motifs is 1. The Labute approximate surface area is 160 Å². The van der Waals surface area contributed by atoms with Crippen molar-refractivity contribution < 1.29 is 19.3 Å². The molecule has 138 valence electrons. The molecule has 2 heterocycles. The molecule has 11 heteroatoms. The highest BCUT2D eigenvalue weighted by molar-refractivity contribution is 7.21. The fourth-order valence-electron chi connectivity index (χ4n) is 2.22. The number of carbonyl (C=O) groups is 3. The Kier molecular flexibility index (Phi) is 5.14. The minimum atomic E-state index is -0.561. The predicted molar refractivity (Wildman–Crippen MR) is 102 cm³/mol. The van der Waals surface area contributed by atoms with E-state index in [9.17, 15) is 24.5 Å². The maximum absolute atomic E-state index is 12.5. The molecule has 0 unspecified atom stereocenters. The van der Waals surface area contributed by atoms with E-state index in [1.807, 2.05) is 0 Å². The lowest BCUT2D eigenvalue weighted by Crippen LogP contribution is -2.40. The SMILES string of the molecule is CC(=O)NNC(=O)c1ccsc1NC(=O)c1cc2cc([N+](=O)[O-])ccc2s1. The first kappa shape index (κ1) is 18.5. The molecule has 27 heavy (non-hydrogen) atoms. The van der Waals surface area contributed by atoms with Crippen LogP contribution in [0.15, 0.2) is 35.7 Å². The third-order valence-electron chi connectivity index (χ3n) is 3.42. The van der Waals surface area contributed by atoms with E-state index < -0.39 is 22.6 Å². The molecule has 9 nitrogen and oxygen atoms in total. The van der Waals surface area contributed by atoms with Gasteiger partial charge in [-0.25, -0.2) is 0 Å². The number of carbonyl (C=O) groups excluding carboxylic acids is 3. The molecule has 3 aromatic rings. The highest BCUT2D eigenvalue weighted by atomic mass is 32.1. The number of nitro groups is 1. The number of hydrogen-bond acceptors (Lipinski definition) is 7. The molecule has 0 spiro atoms. The van der Waals surface area contributed by atoms with Crippen LogP contribution in [0, 0.1) is 10.1 Å². The average Bonchev–Trinajstić information content (AvgIpc) is 3.25. The van der Waals surface area contributed by atoms with Crippen molar-refractivity contribution in [3.8, 4) is 0 Å². The highest BCUT2D eigenvalue weighted by Gasteiger charge is 2.18. The zero-order chi connectivity index (χ0) is 19.6. The Hall–Kier alpha value is -3.31. The van der Waals surface area contributed by atoms with Crippen molar-refractivity contribution in [2.45, 2.75) is 6.92 Å². The summed E-state index contributed by atoms with van der Waals surface area (Å²) in [5, 5.41) is 16.1. The number of nitrogens with one attached hydrogen (secondary N) is 3. The molecular formula is C16H12N4O5S2. The van der Waals surface area contributed by atoms with Crippen molar-refractivity contribution in [2.75, 3.05) is 5.32 Å². The molecule has 3 amide bonds. The minimum Gasteiger partial charge on any atom is -0.312 e. The van der Waals surface area contributed by atoms with Crippen LogP contribution in [0.3, 0.4) is 0 Å². The van der Waals surface area contributed by atoms with E-state index in [0.717, 1.165) is 16.0 Å². The quantitative estimate of drug-likeness (QED) is 0.455. The van der Waals surface area contributed by atoms with Crippen molar-refractivity contribution in [2.24, 2.45) is 0 Å². The molecule has 3 rings (SSSR count). The first-order valence-corrected chi connectivity index (χ1v) is 9.18. The van der Waals surface area contributed by atoms with Crippen LogP contribution < -0.4 is 16.2 Å².